The molecule has 0 saturated carbocycles. The van der Waals surface area contributed by atoms with Crippen LogP contribution in [0, 0.1) is 23.6 Å². The van der Waals surface area contributed by atoms with Gasteiger partial charge in [-0.1, -0.05) is 85.1 Å². The maximum absolute atomic E-state index is 15.4. The highest BCUT2D eigenvalue weighted by Gasteiger charge is 2.47. The van der Waals surface area contributed by atoms with Crippen LogP contribution in [0.4, 0.5) is 10.1 Å². The van der Waals surface area contributed by atoms with Crippen molar-refractivity contribution in [2.45, 2.75) is 39.5 Å². The Hall–Kier alpha value is -3.41. The average Bonchev–Trinajstić information content (AvgIpc) is 2.82. The third kappa shape index (κ3) is 4.65. The minimum Gasteiger partial charge on any atom is -0.507 e. The first-order chi connectivity index (χ1) is 18.0. The largest absolute Gasteiger partial charge is 0.507 e. The standard InChI is InChI=1S/C31H27Cl2FN2O2/c1-17-8-10-18(11-9-17)29(38)28-26(22-6-4-5-7-23(22)34)27-24(15-31(2,3)16-25(27)37)36(30(28)35)21-13-19(32)12-20(33)14-21/h4-14,26,35,38H,15-16H2,1-3H3/b29-28+,35-30?. The van der Waals surface area contributed by atoms with Gasteiger partial charge in [0.1, 0.15) is 17.4 Å². The lowest BCUT2D eigenvalue weighted by molar-refractivity contribution is -0.118. The quantitative estimate of drug-likeness (QED) is 0.322. The van der Waals surface area contributed by atoms with Crippen LogP contribution in [0.15, 0.2) is 83.6 Å². The van der Waals surface area contributed by atoms with Gasteiger partial charge in [0.25, 0.3) is 0 Å². The molecule has 194 valence electrons. The molecule has 0 amide bonds. The number of halogens is 3. The number of nitrogens with zero attached hydrogens (tertiary/aromatic N) is 1. The molecule has 7 heteroatoms. The summed E-state index contributed by atoms with van der Waals surface area (Å²) in [6.45, 7) is 5.92. The molecule has 2 N–H and O–H groups in total. The Labute approximate surface area is 231 Å². The van der Waals surface area contributed by atoms with Crippen LogP contribution in [0.1, 0.15) is 49.3 Å². The molecule has 1 atom stereocenters. The second-order valence-electron chi connectivity index (χ2n) is 10.7. The molecular weight excluding hydrogens is 522 g/mol. The number of allylic oxidation sites excluding steroid dienone is 2. The van der Waals surface area contributed by atoms with Crippen LogP contribution in [-0.2, 0) is 4.79 Å². The first-order valence-corrected chi connectivity index (χ1v) is 13.1. The van der Waals surface area contributed by atoms with E-state index >= 15 is 4.39 Å². The minimum atomic E-state index is -0.963. The third-order valence-electron chi connectivity index (χ3n) is 7.12. The number of benzene rings is 3. The SMILES string of the molecule is Cc1ccc(/C(O)=C2\C(=N)N(c3cc(Cl)cc(Cl)c3)C3=C(C(=O)CC(C)(C)C3)C2c2ccccc2F)cc1. The molecule has 5 rings (SSSR count). The molecule has 4 nitrogen and oxygen atoms in total. The van der Waals surface area contributed by atoms with Crippen LogP contribution in [0.2, 0.25) is 10.0 Å². The zero-order valence-electron chi connectivity index (χ0n) is 21.3. The van der Waals surface area contributed by atoms with Crippen LogP contribution in [0.3, 0.4) is 0 Å². The highest BCUT2D eigenvalue weighted by molar-refractivity contribution is 6.35. The number of anilines is 1. The normalized spacial score (nSPS) is 20.5. The molecule has 1 heterocycles. The molecule has 0 aromatic heterocycles. The van der Waals surface area contributed by atoms with Crippen molar-refractivity contribution in [1.29, 1.82) is 5.41 Å². The summed E-state index contributed by atoms with van der Waals surface area (Å²) in [6, 6.07) is 18.4. The maximum Gasteiger partial charge on any atom is 0.162 e. The van der Waals surface area contributed by atoms with E-state index in [0.717, 1.165) is 5.56 Å². The zero-order valence-corrected chi connectivity index (χ0v) is 22.8. The van der Waals surface area contributed by atoms with Crippen molar-refractivity contribution in [3.63, 3.8) is 0 Å². The van der Waals surface area contributed by atoms with Crippen LogP contribution >= 0.6 is 23.2 Å². The Morgan fingerprint density at radius 1 is 1.03 bits per heavy atom. The molecule has 0 fully saturated rings. The third-order valence-corrected chi connectivity index (χ3v) is 7.56. The molecule has 3 aromatic carbocycles. The number of carbonyl (C=O) groups is 1. The molecule has 0 bridgehead atoms. The summed E-state index contributed by atoms with van der Waals surface area (Å²) in [7, 11) is 0. The van der Waals surface area contributed by atoms with Crippen LogP contribution in [-0.4, -0.2) is 16.7 Å². The Balaban J connectivity index is 1.88. The Bertz CT molecular complexity index is 1520. The molecule has 3 aromatic rings. The van der Waals surface area contributed by atoms with Crippen molar-refractivity contribution in [3.8, 4) is 0 Å². The lowest BCUT2D eigenvalue weighted by Gasteiger charge is -2.45. The number of hydrogen-bond acceptors (Lipinski definition) is 3. The number of aryl methyl sites for hydroxylation is 1. The molecule has 2 aliphatic rings. The van der Waals surface area contributed by atoms with Crippen molar-refractivity contribution >= 4 is 46.3 Å². The van der Waals surface area contributed by atoms with Gasteiger partial charge in [0.2, 0.25) is 0 Å². The zero-order chi connectivity index (χ0) is 27.4. The van der Waals surface area contributed by atoms with E-state index < -0.39 is 17.2 Å². The fraction of sp³-hybridized carbons (Fsp3) is 0.226. The van der Waals surface area contributed by atoms with Gasteiger partial charge in [-0.05, 0) is 43.0 Å². The second kappa shape index (κ2) is 9.72. The van der Waals surface area contributed by atoms with Gasteiger partial charge in [0.15, 0.2) is 5.78 Å². The van der Waals surface area contributed by atoms with Gasteiger partial charge in [-0.25, -0.2) is 4.39 Å². The van der Waals surface area contributed by atoms with Gasteiger partial charge in [0.05, 0.1) is 5.69 Å². The fourth-order valence-electron chi connectivity index (χ4n) is 5.45. The van der Waals surface area contributed by atoms with Crippen LogP contribution < -0.4 is 4.90 Å². The van der Waals surface area contributed by atoms with Crippen molar-refractivity contribution < 1.29 is 14.3 Å². The minimum absolute atomic E-state index is 0.0705. The summed E-state index contributed by atoms with van der Waals surface area (Å²) < 4.78 is 15.4. The Morgan fingerprint density at radius 2 is 1.66 bits per heavy atom. The number of aliphatic hydroxyl groups excluding tert-OH is 1. The summed E-state index contributed by atoms with van der Waals surface area (Å²) >= 11 is 12.7. The van der Waals surface area contributed by atoms with Gasteiger partial charge in [0, 0.05) is 50.4 Å². The monoisotopic (exact) mass is 548 g/mol. The van der Waals surface area contributed by atoms with Crippen molar-refractivity contribution in [2.24, 2.45) is 5.41 Å². The van der Waals surface area contributed by atoms with E-state index in [4.69, 9.17) is 23.2 Å². The summed E-state index contributed by atoms with van der Waals surface area (Å²) in [5.74, 6) is -1.88. The van der Waals surface area contributed by atoms with Gasteiger partial charge in [-0.2, -0.15) is 0 Å². The number of nitrogens with one attached hydrogen (secondary N) is 1. The van der Waals surface area contributed by atoms with Crippen molar-refractivity contribution in [3.05, 3.63) is 116 Å². The second-order valence-corrected chi connectivity index (χ2v) is 11.6. The number of Topliss-reactive ketones (excluding diaryl/α,β-unsaturated/α-hetero) is 1. The first-order valence-electron chi connectivity index (χ1n) is 12.3. The summed E-state index contributed by atoms with van der Waals surface area (Å²) in [4.78, 5) is 15.5. The molecule has 1 aliphatic carbocycles. The van der Waals surface area contributed by atoms with E-state index in [1.54, 1.807) is 53.4 Å². The van der Waals surface area contributed by atoms with Gasteiger partial charge < -0.3 is 5.11 Å². The van der Waals surface area contributed by atoms with Crippen LogP contribution in [0.25, 0.3) is 5.76 Å². The van der Waals surface area contributed by atoms with Crippen molar-refractivity contribution in [1.82, 2.24) is 0 Å². The summed E-state index contributed by atoms with van der Waals surface area (Å²) in [6.07, 6.45) is 0.719. The average molecular weight is 549 g/mol. The number of carbonyl (C=O) groups excluding carboxylic acids is 1. The fourth-order valence-corrected chi connectivity index (χ4v) is 5.97. The van der Waals surface area contributed by atoms with E-state index in [1.165, 1.54) is 6.07 Å². The van der Waals surface area contributed by atoms with E-state index in [0.29, 0.717) is 39.0 Å². The van der Waals surface area contributed by atoms with E-state index in [9.17, 15) is 15.3 Å². The molecule has 0 saturated heterocycles. The number of hydrogen-bond donors (Lipinski definition) is 2. The summed E-state index contributed by atoms with van der Waals surface area (Å²) in [5.41, 5.74) is 2.90. The molecular formula is C31H27Cl2FN2O2. The van der Waals surface area contributed by atoms with E-state index in [2.05, 4.69) is 0 Å². The highest BCUT2D eigenvalue weighted by atomic mass is 35.5. The summed E-state index contributed by atoms with van der Waals surface area (Å²) in [5, 5.41) is 21.8. The lowest BCUT2D eigenvalue weighted by atomic mass is 9.67. The molecule has 1 unspecified atom stereocenters. The first kappa shape index (κ1) is 26.2. The molecule has 1 aliphatic heterocycles. The molecule has 0 spiro atoms. The molecule has 0 radical (unpaired) electrons. The van der Waals surface area contributed by atoms with Crippen LogP contribution in [0.5, 0.6) is 0 Å². The molecule has 38 heavy (non-hydrogen) atoms. The van der Waals surface area contributed by atoms with Gasteiger partial charge in [-0.15, -0.1) is 0 Å². The highest BCUT2D eigenvalue weighted by Crippen LogP contribution is 2.52. The predicted octanol–water partition coefficient (Wildman–Crippen LogP) is 8.63. The topological polar surface area (TPSA) is 64.4 Å². The number of aliphatic hydroxyl groups is 1. The van der Waals surface area contributed by atoms with E-state index in [1.807, 2.05) is 32.9 Å². The van der Waals surface area contributed by atoms with E-state index in [-0.39, 0.29) is 34.9 Å². The van der Waals surface area contributed by atoms with Crippen molar-refractivity contribution in [2.75, 3.05) is 4.90 Å². The number of ketones is 1. The Kier molecular flexibility index (Phi) is 6.70. The number of amidine groups is 1. The predicted molar refractivity (Wildman–Crippen MR) is 152 cm³/mol. The smallest absolute Gasteiger partial charge is 0.162 e. The number of rotatable bonds is 3. The Morgan fingerprint density at radius 3 is 2.29 bits per heavy atom. The maximum atomic E-state index is 15.4. The van der Waals surface area contributed by atoms with Gasteiger partial charge in [-0.3, -0.25) is 15.1 Å². The van der Waals surface area contributed by atoms with Gasteiger partial charge >= 0.3 is 0 Å². The lowest BCUT2D eigenvalue weighted by Crippen LogP contribution is -2.45.